The summed E-state index contributed by atoms with van der Waals surface area (Å²) >= 11 is 3.32. The Hall–Kier alpha value is -1.25. The molecule has 78 valence electrons. The average molecular weight is 270 g/mol. The summed E-state index contributed by atoms with van der Waals surface area (Å²) in [5.74, 6) is 1.24. The number of nitrogens with zero attached hydrogens (tertiary/aromatic N) is 1. The van der Waals surface area contributed by atoms with E-state index >= 15 is 0 Å². The molecule has 0 radical (unpaired) electrons. The minimum absolute atomic E-state index is 0.0616. The Morgan fingerprint density at radius 1 is 1.53 bits per heavy atom. The van der Waals surface area contributed by atoms with Gasteiger partial charge >= 0.3 is 0 Å². The van der Waals surface area contributed by atoms with Crippen LogP contribution in [0.25, 0.3) is 0 Å². The number of hydrogen-bond donors (Lipinski definition) is 1. The minimum atomic E-state index is -0.791. The zero-order valence-corrected chi connectivity index (χ0v) is 9.32. The quantitative estimate of drug-likeness (QED) is 0.894. The van der Waals surface area contributed by atoms with Crippen LogP contribution in [0, 0.1) is 11.3 Å². The third-order valence-corrected chi connectivity index (χ3v) is 2.71. The van der Waals surface area contributed by atoms with Crippen molar-refractivity contribution in [3.05, 3.63) is 22.2 Å². The van der Waals surface area contributed by atoms with Gasteiger partial charge in [-0.3, -0.25) is 0 Å². The topological polar surface area (TPSA) is 62.5 Å². The van der Waals surface area contributed by atoms with Crippen molar-refractivity contribution < 1.29 is 14.6 Å². The van der Waals surface area contributed by atoms with Crippen LogP contribution in [0.4, 0.5) is 0 Å². The van der Waals surface area contributed by atoms with Crippen molar-refractivity contribution in [3.63, 3.8) is 0 Å². The molecule has 2 rings (SSSR count). The van der Waals surface area contributed by atoms with Gasteiger partial charge < -0.3 is 14.6 Å². The van der Waals surface area contributed by atoms with Crippen LogP contribution in [-0.4, -0.2) is 11.9 Å². The van der Waals surface area contributed by atoms with Gasteiger partial charge in [0.05, 0.1) is 23.1 Å². The predicted octanol–water partition coefficient (Wildman–Crippen LogP) is 2.12. The molecule has 1 heterocycles. The van der Waals surface area contributed by atoms with E-state index in [1.165, 1.54) is 0 Å². The molecule has 1 atom stereocenters. The van der Waals surface area contributed by atoms with Gasteiger partial charge in [0.1, 0.15) is 0 Å². The molecule has 5 heteroatoms. The smallest absolute Gasteiger partial charge is 0.231 e. The van der Waals surface area contributed by atoms with E-state index in [1.807, 2.05) is 6.07 Å². The van der Waals surface area contributed by atoms with Crippen molar-refractivity contribution in [2.45, 2.75) is 12.5 Å². The molecular formula is C10H8BrNO3. The third kappa shape index (κ3) is 1.91. The molecule has 0 aromatic heterocycles. The molecule has 4 nitrogen and oxygen atoms in total. The SMILES string of the molecule is N#CCC(O)c1cc(Br)c2c(c1)OCO2. The van der Waals surface area contributed by atoms with E-state index in [2.05, 4.69) is 15.9 Å². The van der Waals surface area contributed by atoms with E-state index in [-0.39, 0.29) is 13.2 Å². The molecular weight excluding hydrogens is 262 g/mol. The van der Waals surface area contributed by atoms with Crippen LogP contribution in [0.1, 0.15) is 18.1 Å². The number of hydrogen-bond acceptors (Lipinski definition) is 4. The number of fused-ring (bicyclic) bond motifs is 1. The van der Waals surface area contributed by atoms with E-state index < -0.39 is 6.10 Å². The summed E-state index contributed by atoms with van der Waals surface area (Å²) in [7, 11) is 0. The second kappa shape index (κ2) is 4.09. The van der Waals surface area contributed by atoms with Gasteiger partial charge in [-0.1, -0.05) is 0 Å². The van der Waals surface area contributed by atoms with Crippen molar-refractivity contribution >= 4 is 15.9 Å². The highest BCUT2D eigenvalue weighted by molar-refractivity contribution is 9.10. The second-order valence-corrected chi connectivity index (χ2v) is 3.97. The number of aliphatic hydroxyl groups excluding tert-OH is 1. The van der Waals surface area contributed by atoms with Gasteiger partial charge in [-0.2, -0.15) is 5.26 Å². The normalized spacial score (nSPS) is 14.7. The molecule has 1 unspecified atom stereocenters. The highest BCUT2D eigenvalue weighted by Crippen LogP contribution is 2.41. The number of ether oxygens (including phenoxy) is 2. The molecule has 1 aliphatic rings. The largest absolute Gasteiger partial charge is 0.454 e. The molecule has 0 saturated heterocycles. The summed E-state index contributed by atoms with van der Waals surface area (Å²) in [6.45, 7) is 0.186. The Bertz CT molecular complexity index is 427. The van der Waals surface area contributed by atoms with Crippen LogP contribution < -0.4 is 9.47 Å². The summed E-state index contributed by atoms with van der Waals surface area (Å²) in [5.41, 5.74) is 0.646. The Balaban J connectivity index is 2.36. The number of nitriles is 1. The molecule has 1 aromatic carbocycles. The van der Waals surface area contributed by atoms with Crippen LogP contribution in [0.15, 0.2) is 16.6 Å². The maximum absolute atomic E-state index is 9.64. The highest BCUT2D eigenvalue weighted by Gasteiger charge is 2.20. The van der Waals surface area contributed by atoms with Gasteiger partial charge in [0, 0.05) is 0 Å². The molecule has 0 fully saturated rings. The standard InChI is InChI=1S/C10H8BrNO3/c11-7-3-6(8(13)1-2-12)4-9-10(7)15-5-14-9/h3-4,8,13H,1,5H2. The molecule has 1 aliphatic heterocycles. The van der Waals surface area contributed by atoms with E-state index in [0.29, 0.717) is 17.1 Å². The lowest BCUT2D eigenvalue weighted by Gasteiger charge is -2.08. The van der Waals surface area contributed by atoms with Gasteiger partial charge in [-0.05, 0) is 33.6 Å². The average Bonchev–Trinajstić information content (AvgIpc) is 2.66. The summed E-state index contributed by atoms with van der Waals surface area (Å²) in [6.07, 6.45) is -0.729. The van der Waals surface area contributed by atoms with Crippen molar-refractivity contribution in [1.29, 1.82) is 5.26 Å². The first-order valence-electron chi connectivity index (χ1n) is 4.36. The fourth-order valence-corrected chi connectivity index (χ4v) is 1.96. The molecule has 0 aliphatic carbocycles. The lowest BCUT2D eigenvalue weighted by molar-refractivity contribution is 0.172. The highest BCUT2D eigenvalue weighted by atomic mass is 79.9. The molecule has 15 heavy (non-hydrogen) atoms. The number of rotatable bonds is 2. The Kier molecular flexibility index (Phi) is 2.80. The zero-order chi connectivity index (χ0) is 10.8. The lowest BCUT2D eigenvalue weighted by Crippen LogP contribution is -1.96. The van der Waals surface area contributed by atoms with Crippen LogP contribution in [-0.2, 0) is 0 Å². The second-order valence-electron chi connectivity index (χ2n) is 3.11. The van der Waals surface area contributed by atoms with E-state index in [4.69, 9.17) is 14.7 Å². The Morgan fingerprint density at radius 3 is 3.07 bits per heavy atom. The molecule has 0 saturated carbocycles. The fourth-order valence-electron chi connectivity index (χ4n) is 1.38. The van der Waals surface area contributed by atoms with Crippen LogP contribution in [0.3, 0.4) is 0 Å². The molecule has 1 N–H and O–H groups in total. The van der Waals surface area contributed by atoms with Crippen molar-refractivity contribution in [2.75, 3.05) is 6.79 Å². The summed E-state index contributed by atoms with van der Waals surface area (Å²) in [5, 5.41) is 18.1. The van der Waals surface area contributed by atoms with Crippen molar-refractivity contribution in [2.24, 2.45) is 0 Å². The number of benzene rings is 1. The van der Waals surface area contributed by atoms with Crippen molar-refractivity contribution in [3.8, 4) is 17.6 Å². The van der Waals surface area contributed by atoms with E-state index in [1.54, 1.807) is 12.1 Å². The van der Waals surface area contributed by atoms with Gasteiger partial charge in [-0.25, -0.2) is 0 Å². The van der Waals surface area contributed by atoms with Gasteiger partial charge in [0.25, 0.3) is 0 Å². The fraction of sp³-hybridized carbons (Fsp3) is 0.300. The summed E-state index contributed by atoms with van der Waals surface area (Å²) in [6, 6.07) is 5.34. The van der Waals surface area contributed by atoms with Crippen LogP contribution in [0.5, 0.6) is 11.5 Å². The van der Waals surface area contributed by atoms with Crippen LogP contribution in [0.2, 0.25) is 0 Å². The molecule has 1 aromatic rings. The Morgan fingerprint density at radius 2 is 2.33 bits per heavy atom. The molecule has 0 amide bonds. The summed E-state index contributed by atoms with van der Waals surface area (Å²) < 4.78 is 11.1. The van der Waals surface area contributed by atoms with Gasteiger partial charge in [-0.15, -0.1) is 0 Å². The first-order valence-corrected chi connectivity index (χ1v) is 5.15. The van der Waals surface area contributed by atoms with E-state index in [0.717, 1.165) is 4.47 Å². The van der Waals surface area contributed by atoms with E-state index in [9.17, 15) is 5.11 Å². The molecule has 0 spiro atoms. The van der Waals surface area contributed by atoms with Crippen LogP contribution >= 0.6 is 15.9 Å². The maximum atomic E-state index is 9.64. The molecule has 0 bridgehead atoms. The number of aliphatic hydroxyl groups is 1. The first kappa shape index (κ1) is 10.3. The Labute approximate surface area is 95.2 Å². The van der Waals surface area contributed by atoms with Gasteiger partial charge in [0.2, 0.25) is 6.79 Å². The number of halogens is 1. The lowest BCUT2D eigenvalue weighted by atomic mass is 10.1. The van der Waals surface area contributed by atoms with Crippen molar-refractivity contribution in [1.82, 2.24) is 0 Å². The minimum Gasteiger partial charge on any atom is -0.454 e. The maximum Gasteiger partial charge on any atom is 0.231 e. The van der Waals surface area contributed by atoms with Gasteiger partial charge in [0.15, 0.2) is 11.5 Å². The predicted molar refractivity (Wildman–Crippen MR) is 55.5 cm³/mol. The third-order valence-electron chi connectivity index (χ3n) is 2.12. The summed E-state index contributed by atoms with van der Waals surface area (Å²) in [4.78, 5) is 0. The monoisotopic (exact) mass is 269 g/mol. The first-order chi connectivity index (χ1) is 7.22. The zero-order valence-electron chi connectivity index (χ0n) is 7.74.